The number of esters is 1. The quantitative estimate of drug-likeness (QED) is 0.701. The third kappa shape index (κ3) is 1.92. The molecule has 3 heteroatoms. The van der Waals surface area contributed by atoms with Crippen LogP contribution in [0.15, 0.2) is 0 Å². The van der Waals surface area contributed by atoms with E-state index in [4.69, 9.17) is 9.84 Å². The van der Waals surface area contributed by atoms with Gasteiger partial charge in [0.2, 0.25) is 0 Å². The summed E-state index contributed by atoms with van der Waals surface area (Å²) >= 11 is 0. The third-order valence-corrected chi connectivity index (χ3v) is 3.39. The Bertz CT molecular complexity index is 223. The SMILES string of the molecule is CCC(C)OC(=O)C1C(CO)C1(C)C. The van der Waals surface area contributed by atoms with E-state index < -0.39 is 0 Å². The Morgan fingerprint density at radius 1 is 1.57 bits per heavy atom. The van der Waals surface area contributed by atoms with E-state index in [1.165, 1.54) is 0 Å². The van der Waals surface area contributed by atoms with Gasteiger partial charge in [-0.2, -0.15) is 0 Å². The van der Waals surface area contributed by atoms with Gasteiger partial charge in [0.05, 0.1) is 12.0 Å². The number of hydrogen-bond acceptors (Lipinski definition) is 3. The molecule has 0 aromatic carbocycles. The van der Waals surface area contributed by atoms with Crippen molar-refractivity contribution in [1.82, 2.24) is 0 Å². The highest BCUT2D eigenvalue weighted by Gasteiger charge is 2.62. The van der Waals surface area contributed by atoms with Gasteiger partial charge < -0.3 is 9.84 Å². The van der Waals surface area contributed by atoms with Gasteiger partial charge in [-0.25, -0.2) is 0 Å². The molecule has 0 aromatic heterocycles. The van der Waals surface area contributed by atoms with Crippen LogP contribution in [-0.4, -0.2) is 23.8 Å². The van der Waals surface area contributed by atoms with Crippen LogP contribution in [0.5, 0.6) is 0 Å². The molecule has 0 spiro atoms. The predicted molar refractivity (Wildman–Crippen MR) is 53.7 cm³/mol. The summed E-state index contributed by atoms with van der Waals surface area (Å²) in [5.74, 6) is -0.177. The minimum absolute atomic E-state index is 0.0155. The number of rotatable bonds is 4. The second-order valence-corrected chi connectivity index (χ2v) is 4.74. The first-order valence-corrected chi connectivity index (χ1v) is 5.26. The summed E-state index contributed by atoms with van der Waals surface area (Å²) in [7, 11) is 0. The van der Waals surface area contributed by atoms with Gasteiger partial charge in [0.25, 0.3) is 0 Å². The Morgan fingerprint density at radius 3 is 2.50 bits per heavy atom. The van der Waals surface area contributed by atoms with Gasteiger partial charge in [-0.1, -0.05) is 20.8 Å². The van der Waals surface area contributed by atoms with Gasteiger partial charge in [0.1, 0.15) is 0 Å². The van der Waals surface area contributed by atoms with Crippen molar-refractivity contribution in [1.29, 1.82) is 0 Å². The topological polar surface area (TPSA) is 46.5 Å². The number of ether oxygens (including phenoxy) is 1. The van der Waals surface area contributed by atoms with E-state index in [1.54, 1.807) is 0 Å². The normalized spacial score (nSPS) is 30.9. The van der Waals surface area contributed by atoms with Crippen molar-refractivity contribution in [3.05, 3.63) is 0 Å². The van der Waals surface area contributed by atoms with Crippen LogP contribution in [-0.2, 0) is 9.53 Å². The van der Waals surface area contributed by atoms with Gasteiger partial charge in [-0.05, 0) is 18.8 Å². The van der Waals surface area contributed by atoms with Gasteiger partial charge >= 0.3 is 5.97 Å². The summed E-state index contributed by atoms with van der Waals surface area (Å²) in [6.07, 6.45) is 0.820. The lowest BCUT2D eigenvalue weighted by Crippen LogP contribution is -2.17. The minimum atomic E-state index is -0.150. The zero-order valence-corrected chi connectivity index (χ0v) is 9.41. The van der Waals surface area contributed by atoms with E-state index >= 15 is 0 Å². The number of hydrogen-bond donors (Lipinski definition) is 1. The maximum Gasteiger partial charge on any atom is 0.310 e. The fraction of sp³-hybridized carbons (Fsp3) is 0.909. The summed E-state index contributed by atoms with van der Waals surface area (Å²) in [5, 5.41) is 9.04. The Hall–Kier alpha value is -0.570. The highest BCUT2D eigenvalue weighted by molar-refractivity contribution is 5.77. The Labute approximate surface area is 85.5 Å². The first-order valence-electron chi connectivity index (χ1n) is 5.26. The molecule has 1 rings (SSSR count). The smallest absolute Gasteiger partial charge is 0.310 e. The fourth-order valence-corrected chi connectivity index (χ4v) is 1.91. The average molecular weight is 200 g/mol. The van der Waals surface area contributed by atoms with Crippen LogP contribution in [0.2, 0.25) is 0 Å². The number of carbonyl (C=O) groups is 1. The van der Waals surface area contributed by atoms with Crippen molar-refractivity contribution < 1.29 is 14.6 Å². The lowest BCUT2D eigenvalue weighted by atomic mass is 10.1. The van der Waals surface area contributed by atoms with Crippen molar-refractivity contribution in [3.8, 4) is 0 Å². The molecule has 3 atom stereocenters. The van der Waals surface area contributed by atoms with Crippen LogP contribution in [0.1, 0.15) is 34.1 Å². The van der Waals surface area contributed by atoms with E-state index in [0.717, 1.165) is 6.42 Å². The standard InChI is InChI=1S/C11H20O3/c1-5-7(2)14-10(13)9-8(6-12)11(9,3)4/h7-9,12H,5-6H2,1-4H3. The molecule has 3 nitrogen and oxygen atoms in total. The molecule has 0 aliphatic heterocycles. The molecular formula is C11H20O3. The van der Waals surface area contributed by atoms with Gasteiger partial charge in [-0.15, -0.1) is 0 Å². The maximum absolute atomic E-state index is 11.6. The molecule has 0 bridgehead atoms. The number of aliphatic hydroxyl groups excluding tert-OH is 1. The molecule has 3 unspecified atom stereocenters. The molecule has 0 heterocycles. The Morgan fingerprint density at radius 2 is 2.14 bits per heavy atom. The largest absolute Gasteiger partial charge is 0.462 e. The minimum Gasteiger partial charge on any atom is -0.462 e. The molecule has 1 fully saturated rings. The van der Waals surface area contributed by atoms with E-state index in [0.29, 0.717) is 0 Å². The van der Waals surface area contributed by atoms with Gasteiger partial charge in [0.15, 0.2) is 0 Å². The monoisotopic (exact) mass is 200 g/mol. The first kappa shape index (κ1) is 11.5. The average Bonchev–Trinajstić information content (AvgIpc) is 2.67. The Balaban J connectivity index is 2.48. The zero-order chi connectivity index (χ0) is 10.9. The summed E-state index contributed by atoms with van der Waals surface area (Å²) in [6, 6.07) is 0. The van der Waals surface area contributed by atoms with Crippen molar-refractivity contribution in [3.63, 3.8) is 0 Å². The van der Waals surface area contributed by atoms with E-state index in [2.05, 4.69) is 0 Å². The fourth-order valence-electron chi connectivity index (χ4n) is 1.91. The number of carbonyl (C=O) groups excluding carboxylic acids is 1. The Kier molecular flexibility index (Phi) is 3.20. The second-order valence-electron chi connectivity index (χ2n) is 4.74. The number of aliphatic hydroxyl groups is 1. The van der Waals surface area contributed by atoms with Crippen molar-refractivity contribution in [2.45, 2.75) is 40.2 Å². The first-order chi connectivity index (χ1) is 6.45. The van der Waals surface area contributed by atoms with Crippen molar-refractivity contribution >= 4 is 5.97 Å². The maximum atomic E-state index is 11.6. The van der Waals surface area contributed by atoms with Gasteiger partial charge in [0, 0.05) is 12.5 Å². The summed E-state index contributed by atoms with van der Waals surface area (Å²) < 4.78 is 5.24. The molecular weight excluding hydrogens is 180 g/mol. The summed E-state index contributed by atoms with van der Waals surface area (Å²) in [6.45, 7) is 7.95. The lowest BCUT2D eigenvalue weighted by Gasteiger charge is -2.11. The van der Waals surface area contributed by atoms with Crippen LogP contribution in [0, 0.1) is 17.3 Å². The molecule has 1 aliphatic carbocycles. The van der Waals surface area contributed by atoms with Crippen LogP contribution < -0.4 is 0 Å². The zero-order valence-electron chi connectivity index (χ0n) is 9.41. The molecule has 0 saturated heterocycles. The van der Waals surface area contributed by atoms with E-state index in [9.17, 15) is 4.79 Å². The molecule has 1 saturated carbocycles. The van der Waals surface area contributed by atoms with E-state index in [1.807, 2.05) is 27.7 Å². The van der Waals surface area contributed by atoms with Crippen LogP contribution in [0.4, 0.5) is 0 Å². The summed E-state index contributed by atoms with van der Waals surface area (Å²) in [5.41, 5.74) is -0.0840. The summed E-state index contributed by atoms with van der Waals surface area (Å²) in [4.78, 5) is 11.6. The van der Waals surface area contributed by atoms with Crippen LogP contribution in [0.25, 0.3) is 0 Å². The van der Waals surface area contributed by atoms with Crippen LogP contribution >= 0.6 is 0 Å². The third-order valence-electron chi connectivity index (χ3n) is 3.39. The highest BCUT2D eigenvalue weighted by atomic mass is 16.5. The molecule has 0 amide bonds. The highest BCUT2D eigenvalue weighted by Crippen LogP contribution is 2.58. The van der Waals surface area contributed by atoms with Crippen molar-refractivity contribution in [2.75, 3.05) is 6.61 Å². The lowest BCUT2D eigenvalue weighted by molar-refractivity contribution is -0.151. The van der Waals surface area contributed by atoms with Gasteiger partial charge in [-0.3, -0.25) is 4.79 Å². The molecule has 1 aliphatic rings. The molecule has 82 valence electrons. The predicted octanol–water partition coefficient (Wildman–Crippen LogP) is 1.59. The van der Waals surface area contributed by atoms with E-state index in [-0.39, 0.29) is 35.9 Å². The molecule has 0 aromatic rings. The second kappa shape index (κ2) is 3.89. The molecule has 14 heavy (non-hydrogen) atoms. The van der Waals surface area contributed by atoms with Crippen LogP contribution in [0.3, 0.4) is 0 Å². The molecule has 1 N–H and O–H groups in total. The van der Waals surface area contributed by atoms with Crippen molar-refractivity contribution in [2.24, 2.45) is 17.3 Å². The molecule has 0 radical (unpaired) electrons.